The van der Waals surface area contributed by atoms with Gasteiger partial charge in [0.2, 0.25) is 11.5 Å². The van der Waals surface area contributed by atoms with Crippen LogP contribution in [0.1, 0.15) is 10.6 Å². The number of hydrogen-bond acceptors (Lipinski definition) is 4. The molecule has 0 bridgehead atoms. The van der Waals surface area contributed by atoms with Gasteiger partial charge in [-0.15, -0.1) is 0 Å². The molecule has 5 heteroatoms. The maximum atomic E-state index is 11.1. The summed E-state index contributed by atoms with van der Waals surface area (Å²) in [5, 5.41) is 9.48. The van der Waals surface area contributed by atoms with E-state index in [0.29, 0.717) is 11.1 Å². The second kappa shape index (κ2) is 2.63. The smallest absolute Gasteiger partial charge is 0.215 e. The van der Waals surface area contributed by atoms with Gasteiger partial charge in [0, 0.05) is 6.20 Å². The Morgan fingerprint density at radius 3 is 3.08 bits per heavy atom. The number of H-pyrrole nitrogens is 1. The lowest BCUT2D eigenvalue weighted by atomic mass is 10.3. The Hall–Kier alpha value is -1.75. The molecule has 0 atom stereocenters. The van der Waals surface area contributed by atoms with Crippen LogP contribution in [0.25, 0.3) is 11.1 Å². The van der Waals surface area contributed by atoms with Crippen molar-refractivity contribution in [1.29, 1.82) is 0 Å². The SMILES string of the molecule is NCC(=O)c1oc2cc[nH]c2c1O. The summed E-state index contributed by atoms with van der Waals surface area (Å²) in [5.74, 6) is -0.665. The maximum absolute atomic E-state index is 11.1. The van der Waals surface area contributed by atoms with Crippen LogP contribution < -0.4 is 5.73 Å². The van der Waals surface area contributed by atoms with Gasteiger partial charge < -0.3 is 20.2 Å². The van der Waals surface area contributed by atoms with Crippen molar-refractivity contribution >= 4 is 16.9 Å². The highest BCUT2D eigenvalue weighted by molar-refractivity contribution is 6.02. The fourth-order valence-electron chi connectivity index (χ4n) is 1.18. The van der Waals surface area contributed by atoms with Gasteiger partial charge >= 0.3 is 0 Å². The van der Waals surface area contributed by atoms with E-state index in [9.17, 15) is 9.90 Å². The predicted octanol–water partition coefficient (Wildman–Crippen LogP) is 0.608. The highest BCUT2D eigenvalue weighted by Crippen LogP contribution is 2.30. The number of Topliss-reactive ketones (excluding diaryl/α,β-unsaturated/α-hetero) is 1. The van der Waals surface area contributed by atoms with Crippen molar-refractivity contribution in [2.75, 3.05) is 6.54 Å². The Kier molecular flexibility index (Phi) is 1.60. The molecule has 0 aliphatic heterocycles. The summed E-state index contributed by atoms with van der Waals surface area (Å²) in [6.45, 7) is -0.177. The fraction of sp³-hybridized carbons (Fsp3) is 0.125. The number of rotatable bonds is 2. The van der Waals surface area contributed by atoms with Crippen LogP contribution in [0.4, 0.5) is 0 Å². The minimum absolute atomic E-state index is 0.0793. The Balaban J connectivity index is 2.64. The topological polar surface area (TPSA) is 92.3 Å². The van der Waals surface area contributed by atoms with Gasteiger partial charge in [-0.3, -0.25) is 4.79 Å². The van der Waals surface area contributed by atoms with Crippen LogP contribution in [0.5, 0.6) is 5.75 Å². The number of nitrogens with one attached hydrogen (secondary N) is 1. The molecular formula is C8H8N2O3. The lowest BCUT2D eigenvalue weighted by molar-refractivity contribution is 0.0973. The number of ketones is 1. The molecule has 0 aliphatic carbocycles. The lowest BCUT2D eigenvalue weighted by Gasteiger charge is -1.91. The van der Waals surface area contributed by atoms with Crippen molar-refractivity contribution in [2.45, 2.75) is 0 Å². The highest BCUT2D eigenvalue weighted by Gasteiger charge is 2.19. The number of hydrogen-bond donors (Lipinski definition) is 3. The zero-order chi connectivity index (χ0) is 9.42. The molecule has 2 aromatic heterocycles. The number of nitrogens with two attached hydrogens (primary N) is 1. The Morgan fingerprint density at radius 2 is 2.46 bits per heavy atom. The first-order valence-corrected chi connectivity index (χ1v) is 3.76. The van der Waals surface area contributed by atoms with Crippen LogP contribution >= 0.6 is 0 Å². The third-order valence-corrected chi connectivity index (χ3v) is 1.81. The summed E-state index contributed by atoms with van der Waals surface area (Å²) in [5.41, 5.74) is 6.01. The Morgan fingerprint density at radius 1 is 1.69 bits per heavy atom. The monoisotopic (exact) mass is 180 g/mol. The highest BCUT2D eigenvalue weighted by atomic mass is 16.4. The Bertz CT molecular complexity index is 455. The standard InChI is InChI=1S/C8H8N2O3/c9-3-4(11)8-7(12)6-5(13-8)1-2-10-6/h1-2,10,12H,3,9H2. The number of fused-ring (bicyclic) bond motifs is 1. The van der Waals surface area contributed by atoms with Crippen molar-refractivity contribution in [1.82, 2.24) is 4.98 Å². The number of aromatic nitrogens is 1. The molecule has 68 valence electrons. The van der Waals surface area contributed by atoms with Crippen molar-refractivity contribution in [3.63, 3.8) is 0 Å². The summed E-state index contributed by atoms with van der Waals surface area (Å²) < 4.78 is 5.08. The molecule has 0 saturated heterocycles. The van der Waals surface area contributed by atoms with E-state index in [1.807, 2.05) is 0 Å². The quantitative estimate of drug-likeness (QED) is 0.590. The molecule has 2 heterocycles. The number of furan rings is 1. The van der Waals surface area contributed by atoms with E-state index >= 15 is 0 Å². The van der Waals surface area contributed by atoms with Crippen LogP contribution in [0.3, 0.4) is 0 Å². The van der Waals surface area contributed by atoms with Gasteiger partial charge in [-0.25, -0.2) is 0 Å². The molecular weight excluding hydrogens is 172 g/mol. The normalized spacial score (nSPS) is 10.8. The predicted molar refractivity (Wildman–Crippen MR) is 45.6 cm³/mol. The summed E-state index contributed by atoms with van der Waals surface area (Å²) in [6.07, 6.45) is 1.62. The molecule has 5 nitrogen and oxygen atoms in total. The minimum atomic E-state index is -0.415. The second-order valence-electron chi connectivity index (χ2n) is 2.62. The summed E-state index contributed by atoms with van der Waals surface area (Å²) >= 11 is 0. The first-order valence-electron chi connectivity index (χ1n) is 3.76. The molecule has 0 fully saturated rings. The molecule has 0 unspecified atom stereocenters. The lowest BCUT2D eigenvalue weighted by Crippen LogP contribution is -2.12. The first kappa shape index (κ1) is 7.88. The van der Waals surface area contributed by atoms with Crippen molar-refractivity contribution < 1.29 is 14.3 Å². The minimum Gasteiger partial charge on any atom is -0.503 e. The van der Waals surface area contributed by atoms with E-state index < -0.39 is 5.78 Å². The van der Waals surface area contributed by atoms with Crippen LogP contribution in [-0.4, -0.2) is 22.4 Å². The summed E-state index contributed by atoms with van der Waals surface area (Å²) in [6, 6.07) is 1.63. The molecule has 0 spiro atoms. The molecule has 0 aromatic carbocycles. The number of aromatic hydroxyl groups is 1. The van der Waals surface area contributed by atoms with E-state index in [1.165, 1.54) is 0 Å². The van der Waals surface area contributed by atoms with Crippen molar-refractivity contribution in [3.8, 4) is 5.75 Å². The molecule has 0 saturated carbocycles. The zero-order valence-electron chi connectivity index (χ0n) is 6.70. The van der Waals surface area contributed by atoms with E-state index in [-0.39, 0.29) is 18.1 Å². The van der Waals surface area contributed by atoms with E-state index in [2.05, 4.69) is 4.98 Å². The van der Waals surface area contributed by atoms with Crippen molar-refractivity contribution in [2.24, 2.45) is 5.73 Å². The molecule has 2 aromatic rings. The van der Waals surface area contributed by atoms with Crippen LogP contribution in [0, 0.1) is 0 Å². The number of aromatic amines is 1. The summed E-state index contributed by atoms with van der Waals surface area (Å²) in [4.78, 5) is 13.9. The third kappa shape index (κ3) is 1.01. The summed E-state index contributed by atoms with van der Waals surface area (Å²) in [7, 11) is 0. The molecule has 0 aliphatic rings. The van der Waals surface area contributed by atoms with E-state index in [1.54, 1.807) is 12.3 Å². The van der Waals surface area contributed by atoms with Gasteiger partial charge in [0.25, 0.3) is 0 Å². The van der Waals surface area contributed by atoms with E-state index in [0.717, 1.165) is 0 Å². The number of carbonyl (C=O) groups is 1. The van der Waals surface area contributed by atoms with Gasteiger partial charge in [0.05, 0.1) is 6.54 Å². The van der Waals surface area contributed by atoms with Gasteiger partial charge in [-0.1, -0.05) is 0 Å². The van der Waals surface area contributed by atoms with Crippen molar-refractivity contribution in [3.05, 3.63) is 18.0 Å². The van der Waals surface area contributed by atoms with Gasteiger partial charge in [-0.2, -0.15) is 0 Å². The molecule has 0 amide bonds. The average Bonchev–Trinajstić information content (AvgIpc) is 2.68. The van der Waals surface area contributed by atoms with Crippen LogP contribution in [0.2, 0.25) is 0 Å². The van der Waals surface area contributed by atoms with E-state index in [4.69, 9.17) is 10.2 Å². The molecule has 0 radical (unpaired) electrons. The van der Waals surface area contributed by atoms with Crippen LogP contribution in [0.15, 0.2) is 16.7 Å². The first-order chi connectivity index (χ1) is 6.24. The molecule has 4 N–H and O–H groups in total. The maximum Gasteiger partial charge on any atom is 0.215 e. The number of carbonyl (C=O) groups excluding carboxylic acids is 1. The zero-order valence-corrected chi connectivity index (χ0v) is 6.70. The largest absolute Gasteiger partial charge is 0.503 e. The molecule has 2 rings (SSSR count). The fourth-order valence-corrected chi connectivity index (χ4v) is 1.18. The Labute approximate surface area is 73.1 Å². The van der Waals surface area contributed by atoms with Crippen LogP contribution in [-0.2, 0) is 0 Å². The second-order valence-corrected chi connectivity index (χ2v) is 2.62. The average molecular weight is 180 g/mol. The third-order valence-electron chi connectivity index (χ3n) is 1.81. The van der Waals surface area contributed by atoms with Gasteiger partial charge in [0.1, 0.15) is 5.52 Å². The van der Waals surface area contributed by atoms with Gasteiger partial charge in [-0.05, 0) is 6.07 Å². The van der Waals surface area contributed by atoms with Gasteiger partial charge in [0.15, 0.2) is 11.3 Å². The molecule has 13 heavy (non-hydrogen) atoms.